The molecule has 1 aromatic rings. The average molecular weight is 249 g/mol. The zero-order valence-corrected chi connectivity index (χ0v) is 11.0. The van der Waals surface area contributed by atoms with Gasteiger partial charge in [-0.2, -0.15) is 0 Å². The Balaban J connectivity index is 2.19. The Bertz CT molecular complexity index is 456. The lowest BCUT2D eigenvalue weighted by Crippen LogP contribution is -2.31. The molecule has 1 aliphatic rings. The Morgan fingerprint density at radius 1 is 1.44 bits per heavy atom. The summed E-state index contributed by atoms with van der Waals surface area (Å²) in [5, 5.41) is 12.2. The van der Waals surface area contributed by atoms with Gasteiger partial charge >= 0.3 is 5.97 Å². The molecule has 0 saturated heterocycles. The lowest BCUT2D eigenvalue weighted by molar-refractivity contribution is -0.138. The number of aryl methyl sites for hydroxylation is 1. The lowest BCUT2D eigenvalue weighted by atomic mass is 10.2. The molecule has 1 aromatic heterocycles. The number of carboxylic acid groups (broad SMARTS) is 1. The highest BCUT2D eigenvalue weighted by atomic mass is 16.4. The number of hydrogen-bond donors (Lipinski definition) is 2. The maximum absolute atomic E-state index is 11.2. The van der Waals surface area contributed by atoms with Crippen LogP contribution in [0.25, 0.3) is 0 Å². The number of nitrogens with zero attached hydrogens (tertiary/aromatic N) is 2. The largest absolute Gasteiger partial charge is 0.480 e. The van der Waals surface area contributed by atoms with Gasteiger partial charge < -0.3 is 10.4 Å². The number of anilines is 1. The predicted molar refractivity (Wildman–Crippen MR) is 68.6 cm³/mol. The van der Waals surface area contributed by atoms with E-state index in [1.165, 1.54) is 0 Å². The molecule has 2 N–H and O–H groups in total. The van der Waals surface area contributed by atoms with Crippen LogP contribution in [0.15, 0.2) is 6.07 Å². The molecule has 18 heavy (non-hydrogen) atoms. The monoisotopic (exact) mass is 249 g/mol. The van der Waals surface area contributed by atoms with E-state index in [0.29, 0.717) is 5.82 Å². The van der Waals surface area contributed by atoms with Crippen molar-refractivity contribution in [3.8, 4) is 0 Å². The van der Waals surface area contributed by atoms with Crippen LogP contribution >= 0.6 is 0 Å². The number of hydrogen-bond acceptors (Lipinski definition) is 4. The van der Waals surface area contributed by atoms with Crippen LogP contribution in [0.3, 0.4) is 0 Å². The highest BCUT2D eigenvalue weighted by Gasteiger charge is 2.36. The molecule has 0 aliphatic heterocycles. The Kier molecular flexibility index (Phi) is 3.50. The number of carboxylic acids is 1. The van der Waals surface area contributed by atoms with Crippen LogP contribution < -0.4 is 5.32 Å². The van der Waals surface area contributed by atoms with Gasteiger partial charge in [-0.15, -0.1) is 0 Å². The van der Waals surface area contributed by atoms with Gasteiger partial charge in [-0.25, -0.2) is 14.8 Å². The van der Waals surface area contributed by atoms with Crippen molar-refractivity contribution in [1.82, 2.24) is 9.97 Å². The molecular formula is C13H19N3O2. The molecule has 1 aliphatic carbocycles. The van der Waals surface area contributed by atoms with E-state index in [-0.39, 0.29) is 11.8 Å². The van der Waals surface area contributed by atoms with Crippen molar-refractivity contribution in [3.63, 3.8) is 0 Å². The SMILES string of the molecule is Cc1cc(NC(C(=O)O)C2CC2)nc(C(C)C)n1. The molecule has 1 unspecified atom stereocenters. The van der Waals surface area contributed by atoms with E-state index in [1.807, 2.05) is 20.8 Å². The molecule has 1 saturated carbocycles. The van der Waals surface area contributed by atoms with Gasteiger partial charge in [0, 0.05) is 17.7 Å². The number of nitrogens with one attached hydrogen (secondary N) is 1. The van der Waals surface area contributed by atoms with Gasteiger partial charge in [-0.3, -0.25) is 0 Å². The number of aromatic nitrogens is 2. The van der Waals surface area contributed by atoms with Crippen LogP contribution in [0.5, 0.6) is 0 Å². The molecule has 98 valence electrons. The topological polar surface area (TPSA) is 75.1 Å². The first kappa shape index (κ1) is 12.8. The second-order valence-corrected chi connectivity index (χ2v) is 5.21. The number of rotatable bonds is 5. The third-order valence-electron chi connectivity index (χ3n) is 3.05. The quantitative estimate of drug-likeness (QED) is 0.836. The predicted octanol–water partition coefficient (Wildman–Crippen LogP) is 2.18. The molecule has 1 fully saturated rings. The maximum Gasteiger partial charge on any atom is 0.326 e. The first-order chi connectivity index (χ1) is 8.47. The minimum atomic E-state index is -0.806. The summed E-state index contributed by atoms with van der Waals surface area (Å²) in [6.07, 6.45) is 1.95. The zero-order valence-electron chi connectivity index (χ0n) is 11.0. The molecule has 1 atom stereocenters. The van der Waals surface area contributed by atoms with Crippen molar-refractivity contribution in [2.75, 3.05) is 5.32 Å². The zero-order chi connectivity index (χ0) is 13.3. The molecule has 0 aromatic carbocycles. The third kappa shape index (κ3) is 2.97. The van der Waals surface area contributed by atoms with E-state index < -0.39 is 12.0 Å². The van der Waals surface area contributed by atoms with Crippen molar-refractivity contribution in [2.45, 2.75) is 45.6 Å². The van der Waals surface area contributed by atoms with Crippen LogP contribution in [0.1, 0.15) is 44.1 Å². The number of aliphatic carboxylic acids is 1. The summed E-state index contributed by atoms with van der Waals surface area (Å²) < 4.78 is 0. The fourth-order valence-electron chi connectivity index (χ4n) is 1.89. The first-order valence-corrected chi connectivity index (χ1v) is 6.32. The van der Waals surface area contributed by atoms with Gasteiger partial charge in [0.05, 0.1) is 0 Å². The molecule has 5 heteroatoms. The summed E-state index contributed by atoms with van der Waals surface area (Å²) in [6, 6.07) is 1.27. The summed E-state index contributed by atoms with van der Waals surface area (Å²) in [6.45, 7) is 5.94. The van der Waals surface area contributed by atoms with E-state index in [4.69, 9.17) is 0 Å². The van der Waals surface area contributed by atoms with E-state index in [2.05, 4.69) is 15.3 Å². The van der Waals surface area contributed by atoms with E-state index in [1.54, 1.807) is 6.07 Å². The van der Waals surface area contributed by atoms with Crippen molar-refractivity contribution >= 4 is 11.8 Å². The highest BCUT2D eigenvalue weighted by molar-refractivity contribution is 5.77. The van der Waals surface area contributed by atoms with Crippen molar-refractivity contribution in [3.05, 3.63) is 17.6 Å². The summed E-state index contributed by atoms with van der Waals surface area (Å²) in [4.78, 5) is 19.9. The Hall–Kier alpha value is -1.65. The summed E-state index contributed by atoms with van der Waals surface area (Å²) >= 11 is 0. The Morgan fingerprint density at radius 3 is 2.61 bits per heavy atom. The van der Waals surface area contributed by atoms with Gasteiger partial charge in [0.25, 0.3) is 0 Å². The summed E-state index contributed by atoms with van der Waals surface area (Å²) in [7, 11) is 0. The summed E-state index contributed by atoms with van der Waals surface area (Å²) in [5.74, 6) is 1.03. The second kappa shape index (κ2) is 4.92. The van der Waals surface area contributed by atoms with Gasteiger partial charge in [0.1, 0.15) is 17.7 Å². The number of carbonyl (C=O) groups is 1. The van der Waals surface area contributed by atoms with E-state index >= 15 is 0 Å². The molecule has 0 spiro atoms. The second-order valence-electron chi connectivity index (χ2n) is 5.21. The Labute approximate surface area is 107 Å². The molecule has 0 bridgehead atoms. The molecule has 0 amide bonds. The normalized spacial score (nSPS) is 16.7. The van der Waals surface area contributed by atoms with Gasteiger partial charge in [-0.05, 0) is 25.7 Å². The van der Waals surface area contributed by atoms with Crippen LogP contribution in [-0.2, 0) is 4.79 Å². The summed E-state index contributed by atoms with van der Waals surface area (Å²) in [5.41, 5.74) is 0.858. The minimum absolute atomic E-state index is 0.231. The molecule has 1 heterocycles. The fraction of sp³-hybridized carbons (Fsp3) is 0.615. The molecule has 5 nitrogen and oxygen atoms in total. The highest BCUT2D eigenvalue weighted by Crippen LogP contribution is 2.34. The van der Waals surface area contributed by atoms with Crippen LogP contribution in [0, 0.1) is 12.8 Å². The van der Waals surface area contributed by atoms with Crippen LogP contribution in [0.4, 0.5) is 5.82 Å². The van der Waals surface area contributed by atoms with Gasteiger partial charge in [0.2, 0.25) is 0 Å². The minimum Gasteiger partial charge on any atom is -0.480 e. The Morgan fingerprint density at radius 2 is 2.11 bits per heavy atom. The maximum atomic E-state index is 11.2. The average Bonchev–Trinajstić information content (AvgIpc) is 3.08. The fourth-order valence-corrected chi connectivity index (χ4v) is 1.89. The molecular weight excluding hydrogens is 230 g/mol. The molecule has 0 radical (unpaired) electrons. The van der Waals surface area contributed by atoms with Gasteiger partial charge in [0.15, 0.2) is 0 Å². The van der Waals surface area contributed by atoms with Crippen LogP contribution in [0.2, 0.25) is 0 Å². The van der Waals surface area contributed by atoms with Gasteiger partial charge in [-0.1, -0.05) is 13.8 Å². The first-order valence-electron chi connectivity index (χ1n) is 6.32. The standard InChI is InChI=1S/C13H19N3O2/c1-7(2)12-14-8(3)6-10(16-12)15-11(13(17)18)9-4-5-9/h6-7,9,11H,4-5H2,1-3H3,(H,17,18)(H,14,15,16). The lowest BCUT2D eigenvalue weighted by Gasteiger charge is -2.15. The molecule has 2 rings (SSSR count). The van der Waals surface area contributed by atoms with E-state index in [0.717, 1.165) is 24.4 Å². The smallest absolute Gasteiger partial charge is 0.326 e. The van der Waals surface area contributed by atoms with Crippen molar-refractivity contribution < 1.29 is 9.90 Å². The third-order valence-corrected chi connectivity index (χ3v) is 3.05. The van der Waals surface area contributed by atoms with Crippen molar-refractivity contribution in [1.29, 1.82) is 0 Å². The van der Waals surface area contributed by atoms with E-state index in [9.17, 15) is 9.90 Å². The van der Waals surface area contributed by atoms with Crippen LogP contribution in [-0.4, -0.2) is 27.1 Å². The van der Waals surface area contributed by atoms with Crippen molar-refractivity contribution in [2.24, 2.45) is 5.92 Å².